The third kappa shape index (κ3) is 22.8. The molecule has 6 heteroatoms. The molecule has 0 spiro atoms. The van der Waals surface area contributed by atoms with Gasteiger partial charge < -0.3 is 0 Å². The second kappa shape index (κ2) is 40.6. The predicted octanol–water partition coefficient (Wildman–Crippen LogP) is 30.0. The van der Waals surface area contributed by atoms with Crippen LogP contribution in [0, 0.1) is 47.6 Å². The average molecular weight is 1990 g/mol. The molecule has 0 radical (unpaired) electrons. The first-order chi connectivity index (χ1) is 67.8. The maximum atomic E-state index is 6.12. The zero-order valence-electron chi connectivity index (χ0n) is 101. The van der Waals surface area contributed by atoms with E-state index in [1.807, 2.05) is 0 Å². The van der Waals surface area contributed by atoms with Crippen LogP contribution in [-0.2, 0) is 65.0 Å². The molecule has 0 fully saturated rings. The Hall–Kier alpha value is -9.91. The van der Waals surface area contributed by atoms with Crippen LogP contribution in [0.4, 0.5) is 0 Å². The first-order valence-corrected chi connectivity index (χ1v) is 60.7. The van der Waals surface area contributed by atoms with E-state index in [1.54, 1.807) is 0 Å². The van der Waals surface area contributed by atoms with Crippen molar-refractivity contribution in [3.63, 3.8) is 0 Å². The summed E-state index contributed by atoms with van der Waals surface area (Å²) in [5.41, 5.74) is 57.5. The van der Waals surface area contributed by atoms with Crippen molar-refractivity contribution in [1.29, 1.82) is 0 Å². The van der Waals surface area contributed by atoms with E-state index in [4.69, 9.17) is 12.8 Å². The zero-order chi connectivity index (χ0) is 110. The van der Waals surface area contributed by atoms with Gasteiger partial charge in [0.2, 0.25) is 26.9 Å². The van der Waals surface area contributed by atoms with Gasteiger partial charge in [0, 0.05) is 22.3 Å². The van der Waals surface area contributed by atoms with Gasteiger partial charge in [-0.2, -0.15) is 0 Å². The van der Waals surface area contributed by atoms with Crippen LogP contribution >= 0.6 is 0 Å². The Morgan fingerprint density at radius 2 is 0.338 bits per heavy atom. The number of fused-ring (bicyclic) bond motifs is 8. The van der Waals surface area contributed by atoms with Crippen molar-refractivity contribution in [3.05, 3.63) is 279 Å². The Bertz CT molecular complexity index is 6560. The van der Waals surface area contributed by atoms with Crippen LogP contribution in [0.15, 0.2) is 146 Å². The molecule has 0 bridgehead atoms. The van der Waals surface area contributed by atoms with E-state index >= 15 is 0 Å². The molecule has 0 unspecified atom stereocenters. The summed E-state index contributed by atoms with van der Waals surface area (Å²) < 4.78 is 0. The Morgan fingerprint density at radius 3 is 0.480 bits per heavy atom. The third-order valence-corrected chi connectivity index (χ3v) is 46.5. The molecule has 0 aliphatic carbocycles. The first kappa shape index (κ1) is 115. The van der Waals surface area contributed by atoms with Crippen LogP contribution in [0.1, 0.15) is 466 Å². The third-order valence-electron chi connectivity index (χ3n) is 33.9. The molecular weight excluding hydrogens is 1800 g/mol. The number of rotatable bonds is 10. The van der Waals surface area contributed by atoms with Gasteiger partial charge in [-0.3, -0.25) is 0 Å². The maximum absolute atomic E-state index is 6.12. The molecule has 4 aliphatic heterocycles. The normalized spacial score (nSPS) is 14.3. The average Bonchev–Trinajstić information content (AvgIpc) is 1.04. The fourth-order valence-corrected chi connectivity index (χ4v) is 36.0. The number of benzene rings is 10. The number of hydrogen-bond acceptors (Lipinski definition) is 0. The Balaban J connectivity index is 0.000000256. The summed E-state index contributed by atoms with van der Waals surface area (Å²) >= 11 is 0. The highest BCUT2D eigenvalue weighted by Gasteiger charge is 2.49. The van der Waals surface area contributed by atoms with Crippen LogP contribution in [0.2, 0.25) is 33.2 Å². The lowest BCUT2D eigenvalue weighted by Crippen LogP contribution is -2.60. The maximum Gasteiger partial charge on any atom is 0.243 e. The van der Waals surface area contributed by atoms with Crippen molar-refractivity contribution in [3.8, 4) is 47.6 Å². The number of hydrogen-bond donors (Lipinski definition) is 0. The quantitative estimate of drug-likeness (QED) is 0.0946. The van der Waals surface area contributed by atoms with Gasteiger partial charge in [-0.15, -0.1) is 23.9 Å². The largest absolute Gasteiger partial charge is 0.243 e. The van der Waals surface area contributed by atoms with E-state index < -0.39 is 16.1 Å². The molecule has 0 aromatic heterocycles. The minimum Gasteiger partial charge on any atom is -0.125 e. The van der Waals surface area contributed by atoms with Gasteiger partial charge in [0.15, 0.2) is 0 Å². The molecule has 4 heterocycles. The summed E-state index contributed by atoms with van der Waals surface area (Å²) in [6.45, 7) is 115. The summed E-state index contributed by atoms with van der Waals surface area (Å²) in [6, 6.07) is 58.8. The first-order valence-electron chi connectivity index (χ1n) is 56.2. The lowest BCUT2D eigenvalue weighted by atomic mass is 9.31. The van der Waals surface area contributed by atoms with Gasteiger partial charge in [-0.25, -0.2) is 0 Å². The standard InChI is InChI=1S/C80H112B2Si2.C62H72B2/c1-51(2)83(52(3)4,53(5)6)41-39-57-31-37-69-59(43-57)33-35-61-45-72-62(46-71(61)81(69)73-65(77(19,20)21)47-63(75(13,14)15)48-66(73)78(22,23)24)36-34-60-44-58(40-42-84(54(7)8,55(9)10)56(11)12)32-38-70(60)82(72)74-67(79(25,26)27)49-64(76(16,17)18)50-68(74)80(28,29)30;1-21-39-23-29-51-41(31-39)25-27-43-33-54-44(34-53(43)63(51)55-47(59(9,10)11)35-45(57(3,4)5)36-48(55)60(12,13)14)28-26-42-32-40(22-2)24-30-52(42)64(54)56-49(61(15,16)17)37-46(58(6,7)8)38-50(56)62(18,19)20/h31-38,43-56H,1-30H3;1-2,23-38H,3-20H3. The lowest BCUT2D eigenvalue weighted by Gasteiger charge is -2.38. The highest BCUT2D eigenvalue weighted by Crippen LogP contribution is 2.46. The predicted molar refractivity (Wildman–Crippen MR) is 675 cm³/mol. The monoisotopic (exact) mass is 1990 g/mol. The Morgan fingerprint density at radius 1 is 0.189 bits per heavy atom. The molecular formula is C142H184B4Si2. The summed E-state index contributed by atoms with van der Waals surface area (Å²) in [5, 5.41) is 0. The topological polar surface area (TPSA) is 0 Å². The van der Waals surface area contributed by atoms with Crippen LogP contribution in [0.25, 0.3) is 48.6 Å². The van der Waals surface area contributed by atoms with Crippen LogP contribution < -0.4 is 65.6 Å². The molecule has 0 amide bonds. The van der Waals surface area contributed by atoms with Gasteiger partial charge in [0.05, 0.1) is 0 Å². The molecule has 772 valence electrons. The van der Waals surface area contributed by atoms with Gasteiger partial charge in [0.25, 0.3) is 0 Å². The molecule has 0 saturated carbocycles. The lowest BCUT2D eigenvalue weighted by molar-refractivity contribution is 0.552. The highest BCUT2D eigenvalue weighted by atomic mass is 28.3. The summed E-state index contributed by atoms with van der Waals surface area (Å²) in [5.74, 6) is 13.7. The molecule has 148 heavy (non-hydrogen) atoms. The number of terminal acetylenes is 2. The van der Waals surface area contributed by atoms with Crippen molar-refractivity contribution in [2.45, 2.75) is 431 Å². The smallest absolute Gasteiger partial charge is 0.125 e. The van der Waals surface area contributed by atoms with Crippen molar-refractivity contribution in [1.82, 2.24) is 0 Å². The zero-order valence-corrected chi connectivity index (χ0v) is 103. The van der Waals surface area contributed by atoms with Gasteiger partial charge >= 0.3 is 0 Å². The van der Waals surface area contributed by atoms with Crippen LogP contribution in [-0.4, -0.2) is 43.0 Å². The highest BCUT2D eigenvalue weighted by molar-refractivity contribution is 7.00. The Labute approximate surface area is 907 Å². The van der Waals surface area contributed by atoms with Crippen LogP contribution in [0.5, 0.6) is 0 Å². The van der Waals surface area contributed by atoms with Crippen molar-refractivity contribution < 1.29 is 0 Å². The Kier molecular flexibility index (Phi) is 31.6. The van der Waals surface area contributed by atoms with E-state index in [1.165, 1.54) is 177 Å². The van der Waals surface area contributed by atoms with E-state index in [9.17, 15) is 0 Å². The molecule has 0 N–H and O–H groups in total. The van der Waals surface area contributed by atoms with E-state index in [0.717, 1.165) is 22.3 Å². The van der Waals surface area contributed by atoms with Gasteiger partial charge in [-0.05, 0) is 258 Å². The van der Waals surface area contributed by atoms with Gasteiger partial charge in [-0.1, -0.05) is 567 Å². The summed E-state index contributed by atoms with van der Waals surface area (Å²) in [4.78, 5) is 0. The van der Waals surface area contributed by atoms with Crippen molar-refractivity contribution >= 4 is 157 Å². The molecule has 10 aromatic rings. The van der Waals surface area contributed by atoms with Gasteiger partial charge in [0.1, 0.15) is 16.1 Å². The fourth-order valence-electron chi connectivity index (χ4n) is 25.6. The van der Waals surface area contributed by atoms with Crippen molar-refractivity contribution in [2.75, 3.05) is 0 Å². The summed E-state index contributed by atoms with van der Waals surface area (Å²) in [6.07, 6.45) is 31.5. The fraction of sp³-hybridized carbons (Fsp3) is 0.465. The van der Waals surface area contributed by atoms with Crippen molar-refractivity contribution in [2.24, 2.45) is 0 Å². The minimum absolute atomic E-state index is 0.0185. The second-order valence-electron chi connectivity index (χ2n) is 59.2. The van der Waals surface area contributed by atoms with E-state index in [-0.39, 0.29) is 91.8 Å². The minimum atomic E-state index is -1.99. The van der Waals surface area contributed by atoms with E-state index in [0.29, 0.717) is 33.2 Å². The molecule has 0 atom stereocenters. The summed E-state index contributed by atoms with van der Waals surface area (Å²) in [7, 11) is -3.99. The molecule has 10 aromatic carbocycles. The SMILES string of the molecule is C#Cc1ccc2c(c1)C=Cc1cc3c(cc1B2c1c(C(C)(C)C)cc(C(C)(C)C)cc1C(C)(C)C)C=Cc1cc(C#C)ccc1B3c1c(C(C)(C)C)cc(C(C)(C)C)cc1C(C)(C)C.CC(C)[Si](C#Cc1ccc2c(c1)C=Cc1cc3c(cc1B2c1c(C(C)(C)C)cc(C(C)(C)C)cc1C(C)(C)C)C=Cc1cc(C#C[Si](C(C)C)(C(C)C)C(C)C)ccc1B3c1c(C(C)(C)C)cc(C(C)(C)C)cc1C(C)(C)C)(C(C)C)C(C)C. The molecule has 4 aliphatic rings. The van der Waals surface area contributed by atoms with Crippen LogP contribution in [0.3, 0.4) is 0 Å². The molecule has 0 nitrogen and oxygen atoms in total. The molecule has 14 rings (SSSR count). The van der Waals surface area contributed by atoms with E-state index in [2.05, 4.69) is 561 Å². The second-order valence-corrected chi connectivity index (χ2v) is 70.3. The molecule has 0 saturated heterocycles.